The highest BCUT2D eigenvalue weighted by Crippen LogP contribution is 2.30. The van der Waals surface area contributed by atoms with Crippen molar-refractivity contribution in [2.45, 2.75) is 13.3 Å². The van der Waals surface area contributed by atoms with Crippen LogP contribution in [0.3, 0.4) is 0 Å². The van der Waals surface area contributed by atoms with Gasteiger partial charge in [0.2, 0.25) is 0 Å². The van der Waals surface area contributed by atoms with Gasteiger partial charge in [0.05, 0.1) is 17.3 Å². The maximum Gasteiger partial charge on any atom is 0.260 e. The molecule has 0 unspecified atom stereocenters. The van der Waals surface area contributed by atoms with Crippen molar-refractivity contribution in [3.8, 4) is 11.5 Å². The van der Waals surface area contributed by atoms with Gasteiger partial charge >= 0.3 is 0 Å². The molecule has 1 fully saturated rings. The molecule has 1 aromatic heterocycles. The summed E-state index contributed by atoms with van der Waals surface area (Å²) in [7, 11) is 1.59. The van der Waals surface area contributed by atoms with Crippen LogP contribution in [-0.2, 0) is 11.2 Å². The van der Waals surface area contributed by atoms with Gasteiger partial charge in [-0.2, -0.15) is 0 Å². The van der Waals surface area contributed by atoms with Gasteiger partial charge in [0.15, 0.2) is 23.2 Å². The van der Waals surface area contributed by atoms with E-state index >= 15 is 0 Å². The summed E-state index contributed by atoms with van der Waals surface area (Å²) in [5.74, 6) is 1.21. The Bertz CT molecular complexity index is 996. The number of amides is 1. The fourth-order valence-corrected chi connectivity index (χ4v) is 4.51. The number of nitrogens with zero attached hydrogens (tertiary/aromatic N) is 3. The van der Waals surface area contributed by atoms with Gasteiger partial charge in [-0.25, -0.2) is 4.98 Å². The third-order valence-electron chi connectivity index (χ3n) is 5.17. The van der Waals surface area contributed by atoms with Crippen molar-refractivity contribution < 1.29 is 14.3 Å². The third kappa shape index (κ3) is 4.29. The van der Waals surface area contributed by atoms with E-state index in [9.17, 15) is 4.79 Å². The number of rotatable bonds is 6. The Kier molecular flexibility index (Phi) is 5.85. The molecule has 2 heterocycles. The Morgan fingerprint density at radius 1 is 1.10 bits per heavy atom. The lowest BCUT2D eigenvalue weighted by Gasteiger charge is -2.34. The molecule has 7 heteroatoms. The van der Waals surface area contributed by atoms with Crippen LogP contribution in [0.5, 0.6) is 11.5 Å². The lowest BCUT2D eigenvalue weighted by atomic mass is 10.2. The molecule has 1 saturated heterocycles. The summed E-state index contributed by atoms with van der Waals surface area (Å²) in [6.07, 6.45) is 1.03. The van der Waals surface area contributed by atoms with Crippen molar-refractivity contribution in [2.24, 2.45) is 0 Å². The molecule has 6 nitrogen and oxygen atoms in total. The first-order chi connectivity index (χ1) is 14.2. The Hall–Kier alpha value is -2.80. The van der Waals surface area contributed by atoms with Crippen LogP contribution >= 0.6 is 11.3 Å². The number of benzene rings is 2. The minimum Gasteiger partial charge on any atom is -0.493 e. The smallest absolute Gasteiger partial charge is 0.260 e. The average molecular weight is 412 g/mol. The summed E-state index contributed by atoms with van der Waals surface area (Å²) in [5.41, 5.74) is 2.38. The molecule has 0 bridgehead atoms. The third-order valence-corrected chi connectivity index (χ3v) is 6.25. The molecular formula is C22H25N3O3S. The SMILES string of the molecule is CCc1ccc2nc(N3CCN(C(=O)COc4ccccc4OC)CC3)sc2c1. The molecule has 3 aromatic rings. The standard InChI is InChI=1S/C22H25N3O3S/c1-3-16-8-9-17-20(14-16)29-22(23-17)25-12-10-24(11-13-25)21(26)15-28-19-7-5-4-6-18(19)27-2/h4-9,14H,3,10-13,15H2,1-2H3. The van der Waals surface area contributed by atoms with E-state index in [1.165, 1.54) is 10.3 Å². The van der Waals surface area contributed by atoms with Gasteiger partial charge < -0.3 is 19.3 Å². The highest BCUT2D eigenvalue weighted by molar-refractivity contribution is 7.22. The topological polar surface area (TPSA) is 54.9 Å². The quantitative estimate of drug-likeness (QED) is 0.620. The first kappa shape index (κ1) is 19.5. The van der Waals surface area contributed by atoms with E-state index in [1.54, 1.807) is 24.5 Å². The second-order valence-corrected chi connectivity index (χ2v) is 7.97. The van der Waals surface area contributed by atoms with Crippen LogP contribution in [0.15, 0.2) is 42.5 Å². The predicted molar refractivity (Wildman–Crippen MR) is 116 cm³/mol. The van der Waals surface area contributed by atoms with Gasteiger partial charge in [0, 0.05) is 26.2 Å². The average Bonchev–Trinajstić information content (AvgIpc) is 3.21. The number of aryl methyl sites for hydroxylation is 1. The highest BCUT2D eigenvalue weighted by atomic mass is 32.1. The summed E-state index contributed by atoms with van der Waals surface area (Å²) < 4.78 is 12.2. The number of aromatic nitrogens is 1. The number of ether oxygens (including phenoxy) is 2. The van der Waals surface area contributed by atoms with E-state index in [0.717, 1.165) is 30.2 Å². The number of thiazole rings is 1. The van der Waals surface area contributed by atoms with Crippen LogP contribution in [0, 0.1) is 0 Å². The Labute approximate surface area is 174 Å². The number of anilines is 1. The summed E-state index contributed by atoms with van der Waals surface area (Å²) in [4.78, 5) is 21.5. The molecule has 1 aliphatic heterocycles. The lowest BCUT2D eigenvalue weighted by molar-refractivity contribution is -0.133. The van der Waals surface area contributed by atoms with Gasteiger partial charge in [0.1, 0.15) is 0 Å². The fourth-order valence-electron chi connectivity index (χ4n) is 3.43. The van der Waals surface area contributed by atoms with E-state index < -0.39 is 0 Å². The summed E-state index contributed by atoms with van der Waals surface area (Å²) in [6, 6.07) is 13.8. The molecule has 0 spiro atoms. The summed E-state index contributed by atoms with van der Waals surface area (Å²) >= 11 is 1.73. The van der Waals surface area contributed by atoms with Crippen molar-refractivity contribution in [2.75, 3.05) is 44.8 Å². The lowest BCUT2D eigenvalue weighted by Crippen LogP contribution is -2.50. The molecule has 4 rings (SSSR count). The number of fused-ring (bicyclic) bond motifs is 1. The first-order valence-corrected chi connectivity index (χ1v) is 10.7. The molecule has 29 heavy (non-hydrogen) atoms. The minimum atomic E-state index is -0.00700. The molecule has 1 amide bonds. The highest BCUT2D eigenvalue weighted by Gasteiger charge is 2.23. The number of hydrogen-bond donors (Lipinski definition) is 0. The zero-order valence-corrected chi connectivity index (χ0v) is 17.6. The van der Waals surface area contributed by atoms with Crippen LogP contribution < -0.4 is 14.4 Å². The largest absolute Gasteiger partial charge is 0.493 e. The molecule has 0 N–H and O–H groups in total. The van der Waals surface area contributed by atoms with E-state index in [0.29, 0.717) is 24.6 Å². The van der Waals surface area contributed by atoms with Crippen LogP contribution in [0.4, 0.5) is 5.13 Å². The molecular weight excluding hydrogens is 386 g/mol. The number of methoxy groups -OCH3 is 1. The van der Waals surface area contributed by atoms with Crippen molar-refractivity contribution >= 4 is 32.6 Å². The maximum atomic E-state index is 12.6. The van der Waals surface area contributed by atoms with E-state index in [-0.39, 0.29) is 12.5 Å². The Morgan fingerprint density at radius 2 is 1.86 bits per heavy atom. The van der Waals surface area contributed by atoms with Crippen molar-refractivity contribution in [1.82, 2.24) is 9.88 Å². The molecule has 0 radical (unpaired) electrons. The second kappa shape index (κ2) is 8.69. The van der Waals surface area contributed by atoms with E-state index in [1.807, 2.05) is 23.1 Å². The molecule has 0 saturated carbocycles. The molecule has 0 atom stereocenters. The number of carbonyl (C=O) groups excluding carboxylic acids is 1. The molecule has 0 aliphatic carbocycles. The van der Waals surface area contributed by atoms with Crippen LogP contribution in [0.2, 0.25) is 0 Å². The Balaban J connectivity index is 1.33. The summed E-state index contributed by atoms with van der Waals surface area (Å²) in [6.45, 7) is 5.08. The Morgan fingerprint density at radius 3 is 2.59 bits per heavy atom. The molecule has 2 aromatic carbocycles. The van der Waals surface area contributed by atoms with Crippen molar-refractivity contribution in [1.29, 1.82) is 0 Å². The summed E-state index contributed by atoms with van der Waals surface area (Å²) in [5, 5.41) is 1.03. The van der Waals surface area contributed by atoms with Crippen LogP contribution in [0.1, 0.15) is 12.5 Å². The molecule has 1 aliphatic rings. The van der Waals surface area contributed by atoms with Gasteiger partial charge in [-0.15, -0.1) is 0 Å². The van der Waals surface area contributed by atoms with Gasteiger partial charge in [-0.3, -0.25) is 4.79 Å². The maximum absolute atomic E-state index is 12.6. The van der Waals surface area contributed by atoms with Gasteiger partial charge in [-0.05, 0) is 36.2 Å². The normalized spacial score (nSPS) is 14.3. The zero-order chi connectivity index (χ0) is 20.2. The van der Waals surface area contributed by atoms with Gasteiger partial charge in [0.25, 0.3) is 5.91 Å². The van der Waals surface area contributed by atoms with Crippen molar-refractivity contribution in [3.05, 3.63) is 48.0 Å². The van der Waals surface area contributed by atoms with Crippen LogP contribution in [0.25, 0.3) is 10.2 Å². The molecule has 152 valence electrons. The van der Waals surface area contributed by atoms with E-state index in [4.69, 9.17) is 14.5 Å². The van der Waals surface area contributed by atoms with Crippen molar-refractivity contribution in [3.63, 3.8) is 0 Å². The minimum absolute atomic E-state index is 0.00700. The van der Waals surface area contributed by atoms with Crippen LogP contribution in [-0.4, -0.2) is 55.7 Å². The van der Waals surface area contributed by atoms with Gasteiger partial charge in [-0.1, -0.05) is 36.5 Å². The number of para-hydroxylation sites is 2. The first-order valence-electron chi connectivity index (χ1n) is 9.86. The predicted octanol–water partition coefficient (Wildman–Crippen LogP) is 3.59. The second-order valence-electron chi connectivity index (χ2n) is 6.96. The fraction of sp³-hybridized carbons (Fsp3) is 0.364. The number of hydrogen-bond acceptors (Lipinski definition) is 6. The van der Waals surface area contributed by atoms with E-state index in [2.05, 4.69) is 30.0 Å². The number of carbonyl (C=O) groups is 1. The number of piperazine rings is 1. The monoisotopic (exact) mass is 411 g/mol. The zero-order valence-electron chi connectivity index (χ0n) is 16.8.